The van der Waals surface area contributed by atoms with Gasteiger partial charge < -0.3 is 18.9 Å². The molecule has 2 aliphatic rings. The summed E-state index contributed by atoms with van der Waals surface area (Å²) in [6, 6.07) is 15.6. The number of ketones is 1. The number of hydrogen-bond acceptors (Lipinski definition) is 6. The molecule has 2 aliphatic heterocycles. The molecule has 30 heavy (non-hydrogen) atoms. The van der Waals surface area contributed by atoms with Crippen LogP contribution < -0.4 is 18.9 Å². The maximum atomic E-state index is 12.9. The third kappa shape index (κ3) is 3.23. The number of carbonyl (C=O) groups excluding carboxylic acids is 1. The summed E-state index contributed by atoms with van der Waals surface area (Å²) in [6.07, 6.45) is 0.585. The van der Waals surface area contributed by atoms with Crippen LogP contribution in [0.4, 0.5) is 0 Å². The topological polar surface area (TPSA) is 54.0 Å². The molecule has 3 heterocycles. The number of ether oxygens (including phenoxy) is 4. The molecule has 0 spiro atoms. The molecule has 3 aromatic rings. The molecular weight excluding hydrogens is 400 g/mol. The van der Waals surface area contributed by atoms with Crippen molar-refractivity contribution in [2.75, 3.05) is 13.9 Å². The van der Waals surface area contributed by atoms with Crippen LogP contribution >= 0.6 is 11.3 Å². The first-order valence-corrected chi connectivity index (χ1v) is 10.6. The second kappa shape index (κ2) is 7.54. The zero-order valence-electron chi connectivity index (χ0n) is 16.6. The number of rotatable bonds is 4. The lowest BCUT2D eigenvalue weighted by molar-refractivity contribution is 0.103. The van der Waals surface area contributed by atoms with Crippen molar-refractivity contribution >= 4 is 17.1 Å². The maximum Gasteiger partial charge on any atom is 0.231 e. The molecule has 0 unspecified atom stereocenters. The van der Waals surface area contributed by atoms with Gasteiger partial charge in [-0.25, -0.2) is 0 Å². The Labute approximate surface area is 178 Å². The van der Waals surface area contributed by atoms with E-state index in [0.717, 1.165) is 22.6 Å². The Bertz CT molecular complexity index is 1130. The standard InChI is InChI=1S/C24H20O5S/c1-14(24(25)23-4-3-9-30-23)19-10-17(15-5-7-16(26-2)8-6-15)18-11-21-22(28-13-27-21)12-20(18)29-19/h3-9,11-12,17H,10,13H2,1-2H3/b19-14+/t17-/m0/s1. The highest BCUT2D eigenvalue weighted by molar-refractivity contribution is 7.12. The molecule has 152 valence electrons. The minimum absolute atomic E-state index is 0.00215. The minimum Gasteiger partial charge on any atom is -0.497 e. The summed E-state index contributed by atoms with van der Waals surface area (Å²) in [7, 11) is 1.65. The number of fused-ring (bicyclic) bond motifs is 2. The fraction of sp³-hybridized carbons (Fsp3) is 0.208. The van der Waals surface area contributed by atoms with Crippen molar-refractivity contribution < 1.29 is 23.7 Å². The smallest absolute Gasteiger partial charge is 0.231 e. The first-order valence-electron chi connectivity index (χ1n) is 9.67. The quantitative estimate of drug-likeness (QED) is 0.409. The van der Waals surface area contributed by atoms with Gasteiger partial charge in [0.05, 0.1) is 12.0 Å². The third-order valence-corrected chi connectivity index (χ3v) is 6.39. The monoisotopic (exact) mass is 420 g/mol. The van der Waals surface area contributed by atoms with Gasteiger partial charge in [0.1, 0.15) is 17.3 Å². The molecule has 0 saturated carbocycles. The Morgan fingerprint density at radius 2 is 1.83 bits per heavy atom. The average molecular weight is 420 g/mol. The second-order valence-corrected chi connectivity index (χ2v) is 8.18. The van der Waals surface area contributed by atoms with Crippen molar-refractivity contribution in [1.82, 2.24) is 0 Å². The van der Waals surface area contributed by atoms with Crippen molar-refractivity contribution in [3.05, 3.63) is 81.2 Å². The van der Waals surface area contributed by atoms with Gasteiger partial charge in [-0.3, -0.25) is 4.79 Å². The number of carbonyl (C=O) groups is 1. The fourth-order valence-electron chi connectivity index (χ4n) is 3.85. The van der Waals surface area contributed by atoms with E-state index in [-0.39, 0.29) is 18.5 Å². The molecule has 0 fully saturated rings. The lowest BCUT2D eigenvalue weighted by atomic mass is 9.84. The normalized spacial score (nSPS) is 18.4. The fourth-order valence-corrected chi connectivity index (χ4v) is 4.57. The van der Waals surface area contributed by atoms with E-state index in [1.807, 2.05) is 48.7 Å². The minimum atomic E-state index is -0.00215. The first kappa shape index (κ1) is 18.8. The summed E-state index contributed by atoms with van der Waals surface area (Å²) >= 11 is 1.44. The Hall–Kier alpha value is -3.25. The predicted octanol–water partition coefficient (Wildman–Crippen LogP) is 5.56. The maximum absolute atomic E-state index is 12.9. The summed E-state index contributed by atoms with van der Waals surface area (Å²) in [5.41, 5.74) is 2.76. The molecule has 5 rings (SSSR count). The Morgan fingerprint density at radius 1 is 1.07 bits per heavy atom. The van der Waals surface area contributed by atoms with Crippen molar-refractivity contribution in [3.8, 4) is 23.0 Å². The molecule has 0 amide bonds. The average Bonchev–Trinajstić information content (AvgIpc) is 3.47. The molecular formula is C24H20O5S. The summed E-state index contributed by atoms with van der Waals surface area (Å²) in [5, 5.41) is 1.91. The molecule has 2 aromatic carbocycles. The van der Waals surface area contributed by atoms with Crippen LogP contribution in [0.2, 0.25) is 0 Å². The van der Waals surface area contributed by atoms with Crippen LogP contribution in [0.1, 0.15) is 40.1 Å². The molecule has 1 atom stereocenters. The van der Waals surface area contributed by atoms with E-state index in [1.54, 1.807) is 7.11 Å². The molecule has 6 heteroatoms. The molecule has 0 aliphatic carbocycles. The highest BCUT2D eigenvalue weighted by Crippen LogP contribution is 2.48. The van der Waals surface area contributed by atoms with Gasteiger partial charge in [-0.1, -0.05) is 18.2 Å². The Morgan fingerprint density at radius 3 is 2.53 bits per heavy atom. The van der Waals surface area contributed by atoms with E-state index in [2.05, 4.69) is 12.1 Å². The number of methoxy groups -OCH3 is 1. The van der Waals surface area contributed by atoms with Gasteiger partial charge in [0.25, 0.3) is 0 Å². The van der Waals surface area contributed by atoms with Gasteiger partial charge in [0, 0.05) is 29.5 Å². The van der Waals surface area contributed by atoms with Gasteiger partial charge >= 0.3 is 0 Å². The number of thiophene rings is 1. The van der Waals surface area contributed by atoms with E-state index in [1.165, 1.54) is 11.3 Å². The molecule has 0 radical (unpaired) electrons. The van der Waals surface area contributed by atoms with E-state index in [4.69, 9.17) is 18.9 Å². The largest absolute Gasteiger partial charge is 0.497 e. The predicted molar refractivity (Wildman–Crippen MR) is 114 cm³/mol. The van der Waals surface area contributed by atoms with Crippen LogP contribution in [0, 0.1) is 0 Å². The third-order valence-electron chi connectivity index (χ3n) is 5.53. The second-order valence-electron chi connectivity index (χ2n) is 7.23. The van der Waals surface area contributed by atoms with E-state index in [9.17, 15) is 4.79 Å². The van der Waals surface area contributed by atoms with Gasteiger partial charge in [-0.15, -0.1) is 11.3 Å². The van der Waals surface area contributed by atoms with E-state index in [0.29, 0.717) is 34.1 Å². The number of allylic oxidation sites excluding steroid dienone is 2. The number of hydrogen-bond donors (Lipinski definition) is 0. The zero-order chi connectivity index (χ0) is 20.7. The van der Waals surface area contributed by atoms with Crippen molar-refractivity contribution in [2.24, 2.45) is 0 Å². The van der Waals surface area contributed by atoms with Crippen LogP contribution in [-0.4, -0.2) is 19.7 Å². The molecule has 0 N–H and O–H groups in total. The molecule has 0 bridgehead atoms. The van der Waals surface area contributed by atoms with Gasteiger partial charge in [-0.05, 0) is 42.1 Å². The summed E-state index contributed by atoms with van der Waals surface area (Å²) in [4.78, 5) is 13.7. The number of Topliss-reactive ketones (excluding diaryl/α,β-unsaturated/α-hetero) is 1. The lowest BCUT2D eigenvalue weighted by Crippen LogP contribution is -2.17. The Kier molecular flexibility index (Phi) is 4.71. The Balaban J connectivity index is 1.60. The van der Waals surface area contributed by atoms with Crippen molar-refractivity contribution in [1.29, 1.82) is 0 Å². The summed E-state index contributed by atoms with van der Waals surface area (Å²) in [6.45, 7) is 2.03. The van der Waals surface area contributed by atoms with Crippen molar-refractivity contribution in [2.45, 2.75) is 19.3 Å². The highest BCUT2D eigenvalue weighted by Gasteiger charge is 2.32. The van der Waals surface area contributed by atoms with Crippen LogP contribution in [0.5, 0.6) is 23.0 Å². The zero-order valence-corrected chi connectivity index (χ0v) is 17.5. The lowest BCUT2D eigenvalue weighted by Gasteiger charge is -2.29. The van der Waals surface area contributed by atoms with Gasteiger partial charge in [-0.2, -0.15) is 0 Å². The van der Waals surface area contributed by atoms with Crippen LogP contribution in [0.15, 0.2) is 65.2 Å². The molecule has 0 saturated heterocycles. The molecule has 1 aromatic heterocycles. The first-order chi connectivity index (χ1) is 14.6. The van der Waals surface area contributed by atoms with E-state index >= 15 is 0 Å². The number of benzene rings is 2. The van der Waals surface area contributed by atoms with Gasteiger partial charge in [0.2, 0.25) is 12.6 Å². The van der Waals surface area contributed by atoms with Crippen LogP contribution in [0.3, 0.4) is 0 Å². The van der Waals surface area contributed by atoms with Gasteiger partial charge in [0.15, 0.2) is 11.5 Å². The highest BCUT2D eigenvalue weighted by atomic mass is 32.1. The summed E-state index contributed by atoms with van der Waals surface area (Å²) in [5.74, 6) is 3.57. The van der Waals surface area contributed by atoms with E-state index < -0.39 is 0 Å². The van der Waals surface area contributed by atoms with Crippen LogP contribution in [-0.2, 0) is 0 Å². The van der Waals surface area contributed by atoms with Crippen LogP contribution in [0.25, 0.3) is 0 Å². The van der Waals surface area contributed by atoms with Crippen molar-refractivity contribution in [3.63, 3.8) is 0 Å². The molecule has 5 nitrogen and oxygen atoms in total. The summed E-state index contributed by atoms with van der Waals surface area (Å²) < 4.78 is 22.7. The SMILES string of the molecule is COc1ccc([C@@H]2C/C(=C(/C)C(=O)c3cccs3)Oc3cc4c(cc32)OCO4)cc1.